The van der Waals surface area contributed by atoms with E-state index in [1.807, 2.05) is 43.3 Å². The third-order valence-corrected chi connectivity index (χ3v) is 2.89. The van der Waals surface area contributed by atoms with Gasteiger partial charge in [-0.25, -0.2) is 0 Å². The fraction of sp³-hybridized carbons (Fsp3) is 0.267. The molecule has 2 aromatic rings. The summed E-state index contributed by atoms with van der Waals surface area (Å²) in [5, 5.41) is 2.23. The Bertz CT molecular complexity index is 594. The summed E-state index contributed by atoms with van der Waals surface area (Å²) in [5.74, 6) is 0.190. The molecule has 1 unspecified atom stereocenters. The summed E-state index contributed by atoms with van der Waals surface area (Å²) in [5.41, 5.74) is 12.0. The van der Waals surface area contributed by atoms with E-state index in [0.717, 1.165) is 16.3 Å². The molecule has 0 spiro atoms. The van der Waals surface area contributed by atoms with E-state index in [-0.39, 0.29) is 12.6 Å². The molecule has 2 aromatic carbocycles. The second kappa shape index (κ2) is 5.71. The quantitative estimate of drug-likeness (QED) is 0.855. The molecule has 4 nitrogen and oxygen atoms in total. The summed E-state index contributed by atoms with van der Waals surface area (Å²) < 4.78 is 5.48. The van der Waals surface area contributed by atoms with Gasteiger partial charge in [0.15, 0.2) is 6.61 Å². The highest BCUT2D eigenvalue weighted by Gasteiger charge is 2.11. The van der Waals surface area contributed by atoms with E-state index in [4.69, 9.17) is 16.2 Å². The van der Waals surface area contributed by atoms with Gasteiger partial charge in [0.05, 0.1) is 0 Å². The van der Waals surface area contributed by atoms with Crippen molar-refractivity contribution in [1.82, 2.24) is 0 Å². The summed E-state index contributed by atoms with van der Waals surface area (Å²) >= 11 is 0. The summed E-state index contributed by atoms with van der Waals surface area (Å²) in [6, 6.07) is 11.9. The molecule has 4 heteroatoms. The maximum Gasteiger partial charge on any atom is 0.255 e. The molecule has 19 heavy (non-hydrogen) atoms. The van der Waals surface area contributed by atoms with Crippen LogP contribution in [0.1, 0.15) is 12.5 Å². The van der Waals surface area contributed by atoms with Crippen LogP contribution in [0, 0.1) is 0 Å². The van der Waals surface area contributed by atoms with Gasteiger partial charge in [0.25, 0.3) is 5.91 Å². The van der Waals surface area contributed by atoms with Crippen molar-refractivity contribution in [3.63, 3.8) is 0 Å². The lowest BCUT2D eigenvalue weighted by Gasteiger charge is -2.15. The van der Waals surface area contributed by atoms with Crippen molar-refractivity contribution < 1.29 is 9.53 Å². The number of carbonyl (C=O) groups is 1. The summed E-state index contributed by atoms with van der Waals surface area (Å²) in [6.45, 7) is 1.82. The standard InChI is InChI=1S/C15H18N2O2/c1-10(16)8-13-12-5-3-2-4-11(12)6-7-14(13)19-9-15(17)18/h2-7,10H,8-9,16H2,1H3,(H2,17,18). The lowest BCUT2D eigenvalue weighted by molar-refractivity contribution is -0.119. The molecule has 0 bridgehead atoms. The van der Waals surface area contributed by atoms with Crippen LogP contribution in [0.2, 0.25) is 0 Å². The van der Waals surface area contributed by atoms with Gasteiger partial charge in [-0.2, -0.15) is 0 Å². The number of hydrogen-bond acceptors (Lipinski definition) is 3. The molecule has 2 rings (SSSR count). The van der Waals surface area contributed by atoms with Crippen LogP contribution in [-0.4, -0.2) is 18.6 Å². The van der Waals surface area contributed by atoms with Crippen LogP contribution in [0.3, 0.4) is 0 Å². The smallest absolute Gasteiger partial charge is 0.255 e. The van der Waals surface area contributed by atoms with Gasteiger partial charge in [-0.3, -0.25) is 4.79 Å². The number of fused-ring (bicyclic) bond motifs is 1. The number of hydrogen-bond donors (Lipinski definition) is 2. The van der Waals surface area contributed by atoms with Gasteiger partial charge in [0, 0.05) is 11.6 Å². The fourth-order valence-corrected chi connectivity index (χ4v) is 2.13. The maximum absolute atomic E-state index is 10.8. The van der Waals surface area contributed by atoms with E-state index in [9.17, 15) is 4.79 Å². The zero-order chi connectivity index (χ0) is 13.8. The van der Waals surface area contributed by atoms with Gasteiger partial charge in [-0.1, -0.05) is 30.3 Å². The minimum absolute atomic E-state index is 0.0155. The van der Waals surface area contributed by atoms with Crippen molar-refractivity contribution in [2.45, 2.75) is 19.4 Å². The van der Waals surface area contributed by atoms with Crippen LogP contribution in [-0.2, 0) is 11.2 Å². The molecule has 4 N–H and O–H groups in total. The highest BCUT2D eigenvalue weighted by Crippen LogP contribution is 2.29. The molecule has 0 fully saturated rings. The second-order valence-electron chi connectivity index (χ2n) is 4.70. The Labute approximate surface area is 112 Å². The average molecular weight is 258 g/mol. The molecule has 1 atom stereocenters. The van der Waals surface area contributed by atoms with Gasteiger partial charge in [-0.15, -0.1) is 0 Å². The predicted molar refractivity (Wildman–Crippen MR) is 76.0 cm³/mol. The first kappa shape index (κ1) is 13.4. The summed E-state index contributed by atoms with van der Waals surface area (Å²) in [6.07, 6.45) is 0.690. The third-order valence-electron chi connectivity index (χ3n) is 2.89. The normalized spacial score (nSPS) is 12.3. The topological polar surface area (TPSA) is 78.3 Å². The first-order valence-corrected chi connectivity index (χ1v) is 6.25. The largest absolute Gasteiger partial charge is 0.483 e. The van der Waals surface area contributed by atoms with Crippen molar-refractivity contribution in [2.24, 2.45) is 11.5 Å². The van der Waals surface area contributed by atoms with Gasteiger partial charge in [0.2, 0.25) is 0 Å². The summed E-state index contributed by atoms with van der Waals surface area (Å²) in [7, 11) is 0. The number of ether oxygens (including phenoxy) is 1. The van der Waals surface area contributed by atoms with Crippen LogP contribution in [0.25, 0.3) is 10.8 Å². The van der Waals surface area contributed by atoms with Crippen molar-refractivity contribution in [3.8, 4) is 5.75 Å². The summed E-state index contributed by atoms with van der Waals surface area (Å²) in [4.78, 5) is 10.8. The van der Waals surface area contributed by atoms with Gasteiger partial charge >= 0.3 is 0 Å². The van der Waals surface area contributed by atoms with E-state index in [1.54, 1.807) is 0 Å². The predicted octanol–water partition coefficient (Wildman–Crippen LogP) is 1.59. The molecule has 0 saturated carbocycles. The fourth-order valence-electron chi connectivity index (χ4n) is 2.13. The minimum atomic E-state index is -0.486. The highest BCUT2D eigenvalue weighted by atomic mass is 16.5. The van der Waals surface area contributed by atoms with Gasteiger partial charge in [-0.05, 0) is 30.2 Å². The zero-order valence-corrected chi connectivity index (χ0v) is 10.9. The number of carbonyl (C=O) groups excluding carboxylic acids is 1. The van der Waals surface area contributed by atoms with E-state index in [1.165, 1.54) is 0 Å². The Morgan fingerprint density at radius 3 is 2.68 bits per heavy atom. The Kier molecular flexibility index (Phi) is 4.02. The molecule has 100 valence electrons. The number of amides is 1. The van der Waals surface area contributed by atoms with E-state index >= 15 is 0 Å². The first-order valence-electron chi connectivity index (χ1n) is 6.25. The molecule has 0 aliphatic carbocycles. The van der Waals surface area contributed by atoms with Crippen LogP contribution in [0.15, 0.2) is 36.4 Å². The van der Waals surface area contributed by atoms with Crippen molar-refractivity contribution in [3.05, 3.63) is 42.0 Å². The number of rotatable bonds is 5. The lowest BCUT2D eigenvalue weighted by atomic mass is 9.98. The molecule has 0 radical (unpaired) electrons. The molecule has 0 saturated heterocycles. The van der Waals surface area contributed by atoms with Crippen molar-refractivity contribution >= 4 is 16.7 Å². The van der Waals surface area contributed by atoms with Crippen LogP contribution in [0.4, 0.5) is 0 Å². The molecule has 1 amide bonds. The highest BCUT2D eigenvalue weighted by molar-refractivity contribution is 5.88. The maximum atomic E-state index is 10.8. The van der Waals surface area contributed by atoms with Crippen LogP contribution >= 0.6 is 0 Å². The molecule has 0 heterocycles. The minimum Gasteiger partial charge on any atom is -0.483 e. The molecule has 0 aliphatic heterocycles. The monoisotopic (exact) mass is 258 g/mol. The van der Waals surface area contributed by atoms with E-state index in [0.29, 0.717) is 12.2 Å². The molecular formula is C15H18N2O2. The first-order chi connectivity index (χ1) is 9.08. The Balaban J connectivity index is 2.46. The van der Waals surface area contributed by atoms with E-state index in [2.05, 4.69) is 0 Å². The number of primary amides is 1. The van der Waals surface area contributed by atoms with Gasteiger partial charge in [0.1, 0.15) is 5.75 Å². The molecule has 0 aromatic heterocycles. The number of benzene rings is 2. The Morgan fingerprint density at radius 1 is 1.26 bits per heavy atom. The van der Waals surface area contributed by atoms with Crippen molar-refractivity contribution in [2.75, 3.05) is 6.61 Å². The molecule has 0 aliphatic rings. The third kappa shape index (κ3) is 3.23. The van der Waals surface area contributed by atoms with E-state index < -0.39 is 5.91 Å². The average Bonchev–Trinajstić information content (AvgIpc) is 2.37. The SMILES string of the molecule is CC(N)Cc1c(OCC(N)=O)ccc2ccccc12. The molecular weight excluding hydrogens is 240 g/mol. The van der Waals surface area contributed by atoms with Crippen LogP contribution < -0.4 is 16.2 Å². The Morgan fingerprint density at radius 2 is 2.00 bits per heavy atom. The lowest BCUT2D eigenvalue weighted by Crippen LogP contribution is -2.22. The van der Waals surface area contributed by atoms with Crippen molar-refractivity contribution in [1.29, 1.82) is 0 Å². The van der Waals surface area contributed by atoms with Crippen LogP contribution in [0.5, 0.6) is 5.75 Å². The second-order valence-corrected chi connectivity index (χ2v) is 4.70. The zero-order valence-electron chi connectivity index (χ0n) is 10.9. The Hall–Kier alpha value is -2.07. The number of nitrogens with two attached hydrogens (primary N) is 2. The van der Waals surface area contributed by atoms with Gasteiger partial charge < -0.3 is 16.2 Å².